The number of benzene rings is 5. The normalized spacial score (nSPS) is 22.1. The van der Waals surface area contributed by atoms with Crippen LogP contribution in [-0.4, -0.2) is 0 Å². The van der Waals surface area contributed by atoms with E-state index in [1.807, 2.05) is 24.3 Å². The Bertz CT molecular complexity index is 1550. The number of hydrogen-bond donors (Lipinski definition) is 0. The summed E-state index contributed by atoms with van der Waals surface area (Å²) >= 11 is 0. The summed E-state index contributed by atoms with van der Waals surface area (Å²) in [5, 5.41) is 24.0. The summed E-state index contributed by atoms with van der Waals surface area (Å²) in [4.78, 5) is 0. The highest BCUT2D eigenvalue weighted by Gasteiger charge is 2.55. The van der Waals surface area contributed by atoms with Crippen molar-refractivity contribution >= 4 is 21.5 Å². The van der Waals surface area contributed by atoms with Crippen LogP contribution in [0.3, 0.4) is 0 Å². The standard InChI is InChI=1S/C32H20N2/c33-17-19-7-11-23(12-8-19)29-30(24-13-9-20(18-34)10-14-24)32-26-6-2-4-22-16-15-21-3-1-5-25(31(29)32)27(21)28(22)26/h1-16,29-32H/t29-,30-,31-,32+/m0/s1. The highest BCUT2D eigenvalue weighted by atomic mass is 14.6. The van der Waals surface area contributed by atoms with Gasteiger partial charge in [-0.25, -0.2) is 0 Å². The Morgan fingerprint density at radius 2 is 0.853 bits per heavy atom. The fraction of sp³-hybridized carbons (Fsp3) is 0.125. The maximum absolute atomic E-state index is 9.32. The van der Waals surface area contributed by atoms with E-state index in [-0.39, 0.29) is 0 Å². The molecule has 5 aromatic rings. The zero-order valence-corrected chi connectivity index (χ0v) is 18.4. The van der Waals surface area contributed by atoms with Gasteiger partial charge in [0.1, 0.15) is 0 Å². The largest absolute Gasteiger partial charge is 0.192 e. The molecule has 0 N–H and O–H groups in total. The van der Waals surface area contributed by atoms with Crippen molar-refractivity contribution in [3.8, 4) is 12.1 Å². The molecule has 0 heterocycles. The van der Waals surface area contributed by atoms with Gasteiger partial charge in [-0.05, 0) is 91.7 Å². The molecule has 2 heteroatoms. The lowest BCUT2D eigenvalue weighted by Crippen LogP contribution is -2.41. The van der Waals surface area contributed by atoms with Gasteiger partial charge >= 0.3 is 0 Å². The van der Waals surface area contributed by atoms with E-state index in [9.17, 15) is 10.5 Å². The van der Waals surface area contributed by atoms with E-state index < -0.39 is 0 Å². The third-order valence-corrected chi connectivity index (χ3v) is 8.07. The average molecular weight is 433 g/mol. The summed E-state index contributed by atoms with van der Waals surface area (Å²) < 4.78 is 0. The molecule has 0 unspecified atom stereocenters. The van der Waals surface area contributed by atoms with Gasteiger partial charge in [-0.2, -0.15) is 10.5 Å². The first kappa shape index (κ1) is 19.1. The minimum absolute atomic E-state index is 0.305. The second kappa shape index (κ2) is 7.05. The number of rotatable bonds is 2. The Morgan fingerprint density at radius 3 is 1.24 bits per heavy atom. The molecule has 2 aliphatic rings. The lowest BCUT2D eigenvalue weighted by molar-refractivity contribution is 0.230. The predicted octanol–water partition coefficient (Wildman–Crippen LogP) is 7.50. The fourth-order valence-electron chi connectivity index (χ4n) is 6.68. The smallest absolute Gasteiger partial charge is 0.0991 e. The van der Waals surface area contributed by atoms with E-state index in [2.05, 4.69) is 84.9 Å². The highest BCUT2D eigenvalue weighted by Crippen LogP contribution is 2.69. The van der Waals surface area contributed by atoms with Crippen molar-refractivity contribution in [2.24, 2.45) is 0 Å². The average Bonchev–Trinajstić information content (AvgIpc) is 2.88. The van der Waals surface area contributed by atoms with Crippen LogP contribution < -0.4 is 0 Å². The minimum atomic E-state index is 0.305. The quantitative estimate of drug-likeness (QED) is 0.271. The monoisotopic (exact) mass is 432 g/mol. The first-order chi connectivity index (χ1) is 16.8. The Labute approximate surface area is 198 Å². The lowest BCUT2D eigenvalue weighted by Gasteiger charge is -2.56. The lowest BCUT2D eigenvalue weighted by atomic mass is 9.47. The molecule has 0 saturated heterocycles. The molecule has 0 radical (unpaired) electrons. The minimum Gasteiger partial charge on any atom is -0.192 e. The Morgan fingerprint density at radius 1 is 0.441 bits per heavy atom. The Balaban J connectivity index is 1.50. The molecule has 7 rings (SSSR count). The van der Waals surface area contributed by atoms with Crippen molar-refractivity contribution in [2.75, 3.05) is 0 Å². The van der Waals surface area contributed by atoms with Crippen molar-refractivity contribution < 1.29 is 0 Å². The fourth-order valence-corrected chi connectivity index (χ4v) is 6.68. The van der Waals surface area contributed by atoms with Crippen LogP contribution in [0, 0.1) is 22.7 Å². The first-order valence-corrected chi connectivity index (χ1v) is 11.7. The van der Waals surface area contributed by atoms with Gasteiger partial charge < -0.3 is 0 Å². The van der Waals surface area contributed by atoms with E-state index in [1.165, 1.54) is 43.8 Å². The van der Waals surface area contributed by atoms with E-state index in [0.29, 0.717) is 34.8 Å². The SMILES string of the molecule is N#Cc1ccc([C@H]2[C@H](c3ccc(C#N)cc3)[C@@H]3c4cccc5ccc6cccc(c6c45)[C@H]23)cc1. The van der Waals surface area contributed by atoms with Crippen LogP contribution in [0.2, 0.25) is 0 Å². The van der Waals surface area contributed by atoms with Gasteiger partial charge in [0.25, 0.3) is 0 Å². The van der Waals surface area contributed by atoms with Gasteiger partial charge in [-0.1, -0.05) is 72.8 Å². The first-order valence-electron chi connectivity index (χ1n) is 11.7. The van der Waals surface area contributed by atoms with E-state index >= 15 is 0 Å². The molecule has 0 bridgehead atoms. The Hall–Kier alpha value is -4.40. The summed E-state index contributed by atoms with van der Waals surface area (Å²) in [6.45, 7) is 0. The summed E-state index contributed by atoms with van der Waals surface area (Å²) in [5.41, 5.74) is 6.80. The summed E-state index contributed by atoms with van der Waals surface area (Å²) in [6.07, 6.45) is 0. The number of nitrogens with zero attached hydrogens (tertiary/aromatic N) is 2. The molecule has 1 saturated carbocycles. The number of nitriles is 2. The molecule has 1 fully saturated rings. The van der Waals surface area contributed by atoms with Crippen molar-refractivity contribution in [2.45, 2.75) is 23.7 Å². The molecular weight excluding hydrogens is 412 g/mol. The summed E-state index contributed by atoms with van der Waals surface area (Å²) in [7, 11) is 0. The van der Waals surface area contributed by atoms with E-state index in [0.717, 1.165) is 0 Å². The molecule has 34 heavy (non-hydrogen) atoms. The summed E-state index contributed by atoms with van der Waals surface area (Å²) in [5.74, 6) is 1.36. The van der Waals surface area contributed by atoms with Crippen LogP contribution in [0.4, 0.5) is 0 Å². The molecule has 158 valence electrons. The van der Waals surface area contributed by atoms with Gasteiger partial charge in [0, 0.05) is 0 Å². The maximum atomic E-state index is 9.32. The van der Waals surface area contributed by atoms with Crippen LogP contribution in [0.5, 0.6) is 0 Å². The summed E-state index contributed by atoms with van der Waals surface area (Å²) in [6, 6.07) is 38.8. The van der Waals surface area contributed by atoms with Crippen molar-refractivity contribution in [1.82, 2.24) is 0 Å². The molecule has 0 amide bonds. The second-order valence-electron chi connectivity index (χ2n) is 9.53. The molecule has 2 nitrogen and oxygen atoms in total. The third-order valence-electron chi connectivity index (χ3n) is 8.07. The molecule has 5 aromatic carbocycles. The van der Waals surface area contributed by atoms with Gasteiger partial charge in [-0.3, -0.25) is 0 Å². The van der Waals surface area contributed by atoms with Gasteiger partial charge in [0.2, 0.25) is 0 Å². The molecule has 0 aliphatic heterocycles. The predicted molar refractivity (Wildman–Crippen MR) is 135 cm³/mol. The van der Waals surface area contributed by atoms with Crippen LogP contribution in [0.1, 0.15) is 57.1 Å². The van der Waals surface area contributed by atoms with Crippen molar-refractivity contribution in [3.63, 3.8) is 0 Å². The zero-order valence-electron chi connectivity index (χ0n) is 18.4. The molecule has 4 atom stereocenters. The molecule has 0 spiro atoms. The third kappa shape index (κ3) is 2.49. The van der Waals surface area contributed by atoms with E-state index in [1.54, 1.807) is 0 Å². The van der Waals surface area contributed by atoms with Gasteiger partial charge in [-0.15, -0.1) is 0 Å². The molecule has 2 aliphatic carbocycles. The highest BCUT2D eigenvalue weighted by molar-refractivity contribution is 6.12. The van der Waals surface area contributed by atoms with Crippen LogP contribution in [0.15, 0.2) is 97.1 Å². The Kier molecular flexibility index (Phi) is 3.96. The van der Waals surface area contributed by atoms with Crippen molar-refractivity contribution in [1.29, 1.82) is 10.5 Å². The second-order valence-corrected chi connectivity index (χ2v) is 9.53. The van der Waals surface area contributed by atoms with Gasteiger partial charge in [0.15, 0.2) is 0 Å². The zero-order chi connectivity index (χ0) is 22.8. The maximum Gasteiger partial charge on any atom is 0.0991 e. The molecule has 0 aromatic heterocycles. The van der Waals surface area contributed by atoms with E-state index in [4.69, 9.17) is 0 Å². The molecular formula is C32H20N2. The van der Waals surface area contributed by atoms with Crippen molar-refractivity contribution in [3.05, 3.63) is 130 Å². The van der Waals surface area contributed by atoms with Crippen LogP contribution in [-0.2, 0) is 0 Å². The number of fused-ring (bicyclic) bond motifs is 3. The topological polar surface area (TPSA) is 47.6 Å². The van der Waals surface area contributed by atoms with Gasteiger partial charge in [0.05, 0.1) is 23.3 Å². The number of hydrogen-bond acceptors (Lipinski definition) is 2. The van der Waals surface area contributed by atoms with Crippen LogP contribution >= 0.6 is 0 Å². The van der Waals surface area contributed by atoms with Crippen LogP contribution in [0.25, 0.3) is 21.5 Å².